The van der Waals surface area contributed by atoms with Crippen LogP contribution in [0.4, 0.5) is 0 Å². The van der Waals surface area contributed by atoms with Crippen LogP contribution in [0.1, 0.15) is 31.7 Å². The van der Waals surface area contributed by atoms with Crippen molar-refractivity contribution in [3.8, 4) is 0 Å². The summed E-state index contributed by atoms with van der Waals surface area (Å²) in [6.07, 6.45) is 4.10. The molecule has 2 rings (SSSR count). The highest BCUT2D eigenvalue weighted by molar-refractivity contribution is 6.88. The van der Waals surface area contributed by atoms with E-state index < -0.39 is 8.07 Å². The Hall–Kier alpha value is -0.603. The third-order valence-electron chi connectivity index (χ3n) is 4.11. The maximum absolute atomic E-state index is 3.70. The molecule has 2 atom stereocenters. The molecule has 1 aromatic carbocycles. The molecule has 0 bridgehead atoms. The van der Waals surface area contributed by atoms with Gasteiger partial charge >= 0.3 is 0 Å². The molecule has 0 saturated heterocycles. The second-order valence-corrected chi connectivity index (χ2v) is 12.0. The Kier molecular flexibility index (Phi) is 4.28. The van der Waals surface area contributed by atoms with E-state index in [0.29, 0.717) is 0 Å². The van der Waals surface area contributed by atoms with Crippen molar-refractivity contribution in [3.05, 3.63) is 29.8 Å². The second-order valence-electron chi connectivity index (χ2n) is 6.94. The van der Waals surface area contributed by atoms with Crippen LogP contribution in [0.25, 0.3) is 0 Å². The van der Waals surface area contributed by atoms with Crippen LogP contribution >= 0.6 is 0 Å². The molecule has 0 aliphatic heterocycles. The van der Waals surface area contributed by atoms with Crippen molar-refractivity contribution in [3.63, 3.8) is 0 Å². The van der Waals surface area contributed by atoms with Gasteiger partial charge in [-0.2, -0.15) is 0 Å². The van der Waals surface area contributed by atoms with E-state index in [0.717, 1.165) is 18.5 Å². The lowest BCUT2D eigenvalue weighted by Crippen LogP contribution is -2.37. The average Bonchev–Trinajstić information content (AvgIpc) is 2.72. The molecule has 18 heavy (non-hydrogen) atoms. The van der Waals surface area contributed by atoms with Gasteiger partial charge in [-0.3, -0.25) is 0 Å². The van der Waals surface area contributed by atoms with Crippen LogP contribution in [0.2, 0.25) is 19.6 Å². The largest absolute Gasteiger partial charge is 0.310 e. The zero-order valence-electron chi connectivity index (χ0n) is 12.3. The van der Waals surface area contributed by atoms with Crippen molar-refractivity contribution in [1.29, 1.82) is 0 Å². The third-order valence-corrected chi connectivity index (χ3v) is 6.18. The minimum atomic E-state index is -1.13. The normalized spacial score (nSPS) is 24.4. The van der Waals surface area contributed by atoms with Gasteiger partial charge in [-0.25, -0.2) is 0 Å². The zero-order valence-corrected chi connectivity index (χ0v) is 13.3. The van der Waals surface area contributed by atoms with Gasteiger partial charge in [0.2, 0.25) is 0 Å². The summed E-state index contributed by atoms with van der Waals surface area (Å²) in [5.74, 6) is 0.914. The summed E-state index contributed by atoms with van der Waals surface area (Å²) < 4.78 is 0. The Morgan fingerprint density at radius 1 is 1.11 bits per heavy atom. The van der Waals surface area contributed by atoms with Gasteiger partial charge < -0.3 is 5.32 Å². The van der Waals surface area contributed by atoms with Gasteiger partial charge in [0, 0.05) is 12.6 Å². The van der Waals surface area contributed by atoms with Gasteiger partial charge in [-0.15, -0.1) is 0 Å². The van der Waals surface area contributed by atoms with E-state index in [4.69, 9.17) is 0 Å². The summed E-state index contributed by atoms with van der Waals surface area (Å²) in [5.41, 5.74) is 1.43. The standard InChI is InChI=1S/C16H27NSi/c1-13-5-8-15(11-13)17-12-14-6-9-16(10-7-14)18(2,3)4/h6-7,9-10,13,15,17H,5,8,11-12H2,1-4H3. The quantitative estimate of drug-likeness (QED) is 0.818. The van der Waals surface area contributed by atoms with E-state index in [2.05, 4.69) is 56.1 Å². The third kappa shape index (κ3) is 3.69. The first kappa shape index (κ1) is 13.8. The molecule has 1 aliphatic rings. The molecule has 0 amide bonds. The summed E-state index contributed by atoms with van der Waals surface area (Å²) in [6.45, 7) is 10.6. The van der Waals surface area contributed by atoms with Crippen molar-refractivity contribution < 1.29 is 0 Å². The van der Waals surface area contributed by atoms with Crippen molar-refractivity contribution in [1.82, 2.24) is 5.32 Å². The van der Waals surface area contributed by atoms with E-state index in [1.165, 1.54) is 24.8 Å². The highest BCUT2D eigenvalue weighted by Gasteiger charge is 2.20. The van der Waals surface area contributed by atoms with Gasteiger partial charge in [0.05, 0.1) is 8.07 Å². The van der Waals surface area contributed by atoms with E-state index in [9.17, 15) is 0 Å². The zero-order chi connectivity index (χ0) is 13.2. The number of hydrogen-bond donors (Lipinski definition) is 1. The van der Waals surface area contributed by atoms with Crippen LogP contribution in [0.5, 0.6) is 0 Å². The van der Waals surface area contributed by atoms with Gasteiger partial charge in [-0.1, -0.05) is 56.0 Å². The van der Waals surface area contributed by atoms with E-state index in [-0.39, 0.29) is 0 Å². The molecular weight excluding hydrogens is 234 g/mol. The fraction of sp³-hybridized carbons (Fsp3) is 0.625. The smallest absolute Gasteiger partial charge is 0.0775 e. The summed E-state index contributed by atoms with van der Waals surface area (Å²) in [6, 6.07) is 10.0. The number of nitrogens with one attached hydrogen (secondary N) is 1. The molecule has 1 aliphatic carbocycles. The molecule has 1 aromatic rings. The van der Waals surface area contributed by atoms with Gasteiger partial charge in [0.1, 0.15) is 0 Å². The van der Waals surface area contributed by atoms with Crippen LogP contribution in [-0.4, -0.2) is 14.1 Å². The van der Waals surface area contributed by atoms with Gasteiger partial charge in [0.25, 0.3) is 0 Å². The Morgan fingerprint density at radius 2 is 1.78 bits per heavy atom. The molecular formula is C16H27NSi. The van der Waals surface area contributed by atoms with Crippen LogP contribution in [0.3, 0.4) is 0 Å². The van der Waals surface area contributed by atoms with Crippen LogP contribution in [0, 0.1) is 5.92 Å². The highest BCUT2D eigenvalue weighted by Crippen LogP contribution is 2.24. The van der Waals surface area contributed by atoms with E-state index in [1.54, 1.807) is 5.19 Å². The minimum Gasteiger partial charge on any atom is -0.310 e. The Balaban J connectivity index is 1.87. The molecule has 1 fully saturated rings. The average molecular weight is 261 g/mol. The van der Waals surface area contributed by atoms with E-state index >= 15 is 0 Å². The molecule has 2 heteroatoms. The van der Waals surface area contributed by atoms with Gasteiger partial charge in [-0.05, 0) is 30.7 Å². The monoisotopic (exact) mass is 261 g/mol. The highest BCUT2D eigenvalue weighted by atomic mass is 28.3. The molecule has 0 heterocycles. The number of hydrogen-bond acceptors (Lipinski definition) is 1. The maximum atomic E-state index is 3.70. The summed E-state index contributed by atoms with van der Waals surface area (Å²) >= 11 is 0. The maximum Gasteiger partial charge on any atom is 0.0775 e. The number of rotatable bonds is 4. The van der Waals surface area contributed by atoms with Crippen molar-refractivity contribution in [2.24, 2.45) is 5.92 Å². The Labute approximate surface area is 113 Å². The molecule has 1 nitrogen and oxygen atoms in total. The predicted molar refractivity (Wildman–Crippen MR) is 83.1 cm³/mol. The lowest BCUT2D eigenvalue weighted by molar-refractivity contribution is 0.502. The molecule has 0 aromatic heterocycles. The molecule has 1 saturated carbocycles. The molecule has 2 unspecified atom stereocenters. The second kappa shape index (κ2) is 5.58. The lowest BCUT2D eigenvalue weighted by atomic mass is 10.1. The molecule has 1 N–H and O–H groups in total. The fourth-order valence-corrected chi connectivity index (χ4v) is 3.94. The van der Waals surface area contributed by atoms with Crippen LogP contribution in [-0.2, 0) is 6.54 Å². The Bertz CT molecular complexity index is 377. The lowest BCUT2D eigenvalue weighted by Gasteiger charge is -2.17. The first-order chi connectivity index (χ1) is 8.45. The fourth-order valence-electron chi connectivity index (χ4n) is 2.78. The predicted octanol–water partition coefficient (Wildman–Crippen LogP) is 3.51. The first-order valence-electron chi connectivity index (χ1n) is 7.28. The van der Waals surface area contributed by atoms with Crippen LogP contribution in [0.15, 0.2) is 24.3 Å². The van der Waals surface area contributed by atoms with E-state index in [1.807, 2.05) is 0 Å². The minimum absolute atomic E-state index is 0.747. The first-order valence-corrected chi connectivity index (χ1v) is 10.8. The molecule has 0 radical (unpaired) electrons. The van der Waals surface area contributed by atoms with Gasteiger partial charge in [0.15, 0.2) is 0 Å². The SMILES string of the molecule is CC1CCC(NCc2ccc([Si](C)(C)C)cc2)C1. The topological polar surface area (TPSA) is 12.0 Å². The number of benzene rings is 1. The molecule has 0 spiro atoms. The van der Waals surface area contributed by atoms with Crippen molar-refractivity contribution in [2.45, 2.75) is 58.4 Å². The molecule has 100 valence electrons. The van der Waals surface area contributed by atoms with Crippen molar-refractivity contribution in [2.75, 3.05) is 0 Å². The Morgan fingerprint density at radius 3 is 2.28 bits per heavy atom. The summed E-state index contributed by atoms with van der Waals surface area (Å²) in [7, 11) is -1.13. The van der Waals surface area contributed by atoms with Crippen molar-refractivity contribution >= 4 is 13.3 Å². The summed E-state index contributed by atoms with van der Waals surface area (Å²) in [5, 5.41) is 5.25. The van der Waals surface area contributed by atoms with Crippen LogP contribution < -0.4 is 10.5 Å². The summed E-state index contributed by atoms with van der Waals surface area (Å²) in [4.78, 5) is 0.